The van der Waals surface area contributed by atoms with Gasteiger partial charge in [0.2, 0.25) is 0 Å². The van der Waals surface area contributed by atoms with Gasteiger partial charge in [-0.2, -0.15) is 5.48 Å². The molecular formula is C13H18N2O5. The van der Waals surface area contributed by atoms with Crippen LogP contribution in [0.4, 0.5) is 0 Å². The second-order valence-electron chi connectivity index (χ2n) is 4.18. The predicted molar refractivity (Wildman–Crippen MR) is 71.3 cm³/mol. The van der Waals surface area contributed by atoms with E-state index in [1.807, 2.05) is 0 Å². The van der Waals surface area contributed by atoms with Crippen LogP contribution in [0.15, 0.2) is 18.2 Å². The van der Waals surface area contributed by atoms with Gasteiger partial charge in [-0.05, 0) is 31.2 Å². The molecule has 0 radical (unpaired) electrons. The van der Waals surface area contributed by atoms with E-state index in [4.69, 9.17) is 15.1 Å². The standard InChI is InChI=1S/C13H18N2O5/c1-14-10(13(17)18)5-8-3-4-9(11(16)7-15-19)12(6-8)20-2/h3-4,6,10,14-15,19H,5,7H2,1-2H3,(H,17,18)/t10-/m0/s1. The summed E-state index contributed by atoms with van der Waals surface area (Å²) < 4.78 is 5.13. The van der Waals surface area contributed by atoms with E-state index in [9.17, 15) is 9.59 Å². The first-order valence-corrected chi connectivity index (χ1v) is 6.00. The van der Waals surface area contributed by atoms with Crippen molar-refractivity contribution in [3.8, 4) is 5.75 Å². The van der Waals surface area contributed by atoms with E-state index < -0.39 is 12.0 Å². The van der Waals surface area contributed by atoms with Crippen molar-refractivity contribution in [1.29, 1.82) is 0 Å². The Kier molecular flexibility index (Phi) is 6.10. The smallest absolute Gasteiger partial charge is 0.321 e. The maximum atomic E-state index is 11.7. The fraction of sp³-hybridized carbons (Fsp3) is 0.385. The molecule has 110 valence electrons. The molecule has 1 aromatic rings. The number of hydrogen-bond acceptors (Lipinski definition) is 6. The van der Waals surface area contributed by atoms with Gasteiger partial charge in [-0.1, -0.05) is 6.07 Å². The number of carbonyl (C=O) groups is 2. The average Bonchev–Trinajstić information content (AvgIpc) is 2.44. The van der Waals surface area contributed by atoms with Crippen LogP contribution in [0, 0.1) is 0 Å². The molecule has 0 fully saturated rings. The van der Waals surface area contributed by atoms with Crippen molar-refractivity contribution >= 4 is 11.8 Å². The first kappa shape index (κ1) is 16.1. The second-order valence-corrected chi connectivity index (χ2v) is 4.18. The number of aliphatic carboxylic acids is 1. The van der Waals surface area contributed by atoms with Crippen LogP contribution in [0.1, 0.15) is 15.9 Å². The molecule has 0 aromatic heterocycles. The van der Waals surface area contributed by atoms with E-state index in [0.29, 0.717) is 11.3 Å². The number of benzene rings is 1. The predicted octanol–water partition coefficient (Wildman–Crippen LogP) is 0.0718. The Morgan fingerprint density at radius 3 is 2.60 bits per heavy atom. The maximum Gasteiger partial charge on any atom is 0.321 e. The molecule has 0 spiro atoms. The van der Waals surface area contributed by atoms with Crippen LogP contribution >= 0.6 is 0 Å². The van der Waals surface area contributed by atoms with Crippen molar-refractivity contribution in [2.24, 2.45) is 0 Å². The molecule has 7 nitrogen and oxygen atoms in total. The third-order valence-corrected chi connectivity index (χ3v) is 2.89. The monoisotopic (exact) mass is 282 g/mol. The SMILES string of the molecule is CN[C@@H](Cc1ccc(C(=O)CNO)c(OC)c1)C(=O)O. The van der Waals surface area contributed by atoms with Crippen LogP contribution in [0.2, 0.25) is 0 Å². The number of carboxylic acid groups (broad SMARTS) is 1. The number of hydrogen-bond donors (Lipinski definition) is 4. The van der Waals surface area contributed by atoms with Gasteiger partial charge in [0.15, 0.2) is 5.78 Å². The van der Waals surface area contributed by atoms with Crippen molar-refractivity contribution in [3.05, 3.63) is 29.3 Å². The molecule has 0 bridgehead atoms. The van der Waals surface area contributed by atoms with Crippen LogP contribution < -0.4 is 15.5 Å². The molecule has 0 saturated carbocycles. The van der Waals surface area contributed by atoms with Gasteiger partial charge in [-0.25, -0.2) is 0 Å². The van der Waals surface area contributed by atoms with Gasteiger partial charge in [-0.3, -0.25) is 9.59 Å². The van der Waals surface area contributed by atoms with Gasteiger partial charge in [-0.15, -0.1) is 0 Å². The molecule has 0 aliphatic carbocycles. The van der Waals surface area contributed by atoms with Crippen LogP contribution in [-0.4, -0.2) is 48.8 Å². The molecule has 20 heavy (non-hydrogen) atoms. The van der Waals surface area contributed by atoms with Gasteiger partial charge in [0.25, 0.3) is 0 Å². The number of hydroxylamine groups is 1. The zero-order chi connectivity index (χ0) is 15.1. The molecule has 0 amide bonds. The highest BCUT2D eigenvalue weighted by atomic mass is 16.5. The number of ether oxygens (including phenoxy) is 1. The summed E-state index contributed by atoms with van der Waals surface area (Å²) in [5.74, 6) is -0.918. The minimum Gasteiger partial charge on any atom is -0.496 e. The van der Waals surface area contributed by atoms with Gasteiger partial charge in [0.05, 0.1) is 19.2 Å². The lowest BCUT2D eigenvalue weighted by Crippen LogP contribution is -2.35. The highest BCUT2D eigenvalue weighted by Gasteiger charge is 2.17. The summed E-state index contributed by atoms with van der Waals surface area (Å²) in [7, 11) is 3.00. The number of carboxylic acids is 1. The number of ketones is 1. The van der Waals surface area contributed by atoms with Crippen molar-refractivity contribution in [3.63, 3.8) is 0 Å². The number of Topliss-reactive ketones (excluding diaryl/α,β-unsaturated/α-hetero) is 1. The van der Waals surface area contributed by atoms with E-state index in [0.717, 1.165) is 5.56 Å². The first-order chi connectivity index (χ1) is 9.53. The zero-order valence-corrected chi connectivity index (χ0v) is 11.3. The Bertz CT molecular complexity index is 490. The summed E-state index contributed by atoms with van der Waals surface area (Å²) in [6.45, 7) is -0.218. The van der Waals surface area contributed by atoms with Gasteiger partial charge < -0.3 is 20.4 Å². The van der Waals surface area contributed by atoms with E-state index in [1.165, 1.54) is 7.11 Å². The molecule has 0 unspecified atom stereocenters. The third kappa shape index (κ3) is 4.02. The van der Waals surface area contributed by atoms with Crippen molar-refractivity contribution in [2.75, 3.05) is 20.7 Å². The maximum absolute atomic E-state index is 11.7. The van der Waals surface area contributed by atoms with Gasteiger partial charge in [0, 0.05) is 0 Å². The van der Waals surface area contributed by atoms with Gasteiger partial charge in [0.1, 0.15) is 11.8 Å². The molecular weight excluding hydrogens is 264 g/mol. The fourth-order valence-electron chi connectivity index (χ4n) is 1.81. The number of likely N-dealkylation sites (N-methyl/N-ethyl adjacent to an activating group) is 1. The lowest BCUT2D eigenvalue weighted by molar-refractivity contribution is -0.139. The molecule has 7 heteroatoms. The Balaban J connectivity index is 2.97. The summed E-state index contributed by atoms with van der Waals surface area (Å²) in [4.78, 5) is 22.7. The summed E-state index contributed by atoms with van der Waals surface area (Å²) >= 11 is 0. The number of rotatable bonds is 8. The summed E-state index contributed by atoms with van der Waals surface area (Å²) in [5, 5.41) is 20.2. The second kappa shape index (κ2) is 7.59. The third-order valence-electron chi connectivity index (χ3n) is 2.89. The molecule has 0 aliphatic rings. The van der Waals surface area contributed by atoms with Crippen LogP contribution in [0.3, 0.4) is 0 Å². The van der Waals surface area contributed by atoms with Crippen LogP contribution in [0.25, 0.3) is 0 Å². The van der Waals surface area contributed by atoms with Crippen molar-refractivity contribution in [1.82, 2.24) is 10.8 Å². The summed E-state index contributed by atoms with van der Waals surface area (Å²) in [5.41, 5.74) is 2.86. The Hall–Kier alpha value is -1.96. The van der Waals surface area contributed by atoms with Crippen LogP contribution in [-0.2, 0) is 11.2 Å². The quantitative estimate of drug-likeness (QED) is 0.395. The average molecular weight is 282 g/mol. The van der Waals surface area contributed by atoms with Gasteiger partial charge >= 0.3 is 5.97 Å². The summed E-state index contributed by atoms with van der Waals surface area (Å²) in [6, 6.07) is 4.14. The molecule has 1 rings (SSSR count). The van der Waals surface area contributed by atoms with Crippen molar-refractivity contribution in [2.45, 2.75) is 12.5 Å². The minimum absolute atomic E-state index is 0.218. The molecule has 0 aliphatic heterocycles. The number of carbonyl (C=O) groups excluding carboxylic acids is 1. The fourth-order valence-corrected chi connectivity index (χ4v) is 1.81. The highest BCUT2D eigenvalue weighted by Crippen LogP contribution is 2.21. The largest absolute Gasteiger partial charge is 0.496 e. The lowest BCUT2D eigenvalue weighted by atomic mass is 10.0. The Morgan fingerprint density at radius 1 is 1.40 bits per heavy atom. The van der Waals surface area contributed by atoms with E-state index in [1.54, 1.807) is 30.7 Å². The lowest BCUT2D eigenvalue weighted by Gasteiger charge is -2.13. The van der Waals surface area contributed by atoms with E-state index in [2.05, 4.69) is 5.32 Å². The molecule has 1 atom stereocenters. The molecule has 1 aromatic carbocycles. The van der Waals surface area contributed by atoms with E-state index >= 15 is 0 Å². The minimum atomic E-state index is -0.948. The number of methoxy groups -OCH3 is 1. The Labute approximate surface area is 116 Å². The zero-order valence-electron chi connectivity index (χ0n) is 11.3. The molecule has 0 saturated heterocycles. The van der Waals surface area contributed by atoms with Crippen molar-refractivity contribution < 1.29 is 24.6 Å². The molecule has 4 N–H and O–H groups in total. The topological polar surface area (TPSA) is 108 Å². The van der Waals surface area contributed by atoms with E-state index in [-0.39, 0.29) is 18.7 Å². The first-order valence-electron chi connectivity index (χ1n) is 6.00. The normalized spacial score (nSPS) is 11.9. The highest BCUT2D eigenvalue weighted by molar-refractivity contribution is 6.00. The van der Waals surface area contributed by atoms with Crippen LogP contribution in [0.5, 0.6) is 5.75 Å². The summed E-state index contributed by atoms with van der Waals surface area (Å²) in [6.07, 6.45) is 0.273. The number of nitrogens with one attached hydrogen (secondary N) is 2. The Morgan fingerprint density at radius 2 is 2.10 bits per heavy atom. The molecule has 0 heterocycles.